The van der Waals surface area contributed by atoms with Gasteiger partial charge < -0.3 is 21.3 Å². The van der Waals surface area contributed by atoms with Crippen LogP contribution < -0.4 is 11.1 Å². The summed E-state index contributed by atoms with van der Waals surface area (Å²) in [5.41, 5.74) is 5.38. The Labute approximate surface area is 129 Å². The van der Waals surface area contributed by atoms with Crippen LogP contribution in [0.4, 0.5) is 0 Å². The van der Waals surface area contributed by atoms with E-state index in [9.17, 15) is 0 Å². The molecule has 0 fully saturated rings. The Bertz CT molecular complexity index is 194. The zero-order chi connectivity index (χ0) is 16.9. The molecule has 0 spiro atoms. The summed E-state index contributed by atoms with van der Waals surface area (Å²) in [6.07, 6.45) is 9.39. The fraction of sp³-hybridized carbons (Fsp3) is 0.867. The molecule has 0 radical (unpaired) electrons. The van der Waals surface area contributed by atoms with E-state index in [0.29, 0.717) is 0 Å². The lowest BCUT2D eigenvalue weighted by molar-refractivity contribution is -0.135. The molecule has 21 heavy (non-hydrogen) atoms. The Morgan fingerprint density at radius 3 is 1.67 bits per heavy atom. The number of aliphatic carboxylic acids is 2. The van der Waals surface area contributed by atoms with E-state index in [1.807, 2.05) is 0 Å². The van der Waals surface area contributed by atoms with Crippen molar-refractivity contribution < 1.29 is 19.8 Å². The highest BCUT2D eigenvalue weighted by Crippen LogP contribution is 2.03. The van der Waals surface area contributed by atoms with Crippen LogP contribution in [0.3, 0.4) is 0 Å². The molecule has 0 atom stereocenters. The highest BCUT2D eigenvalue weighted by molar-refractivity contribution is 5.63. The van der Waals surface area contributed by atoms with Crippen LogP contribution in [0.5, 0.6) is 0 Å². The van der Waals surface area contributed by atoms with E-state index in [-0.39, 0.29) is 0 Å². The van der Waals surface area contributed by atoms with Crippen molar-refractivity contribution in [1.29, 1.82) is 0 Å². The zero-order valence-corrected chi connectivity index (χ0v) is 13.9. The van der Waals surface area contributed by atoms with Gasteiger partial charge in [-0.3, -0.25) is 9.59 Å². The number of nitrogens with two attached hydrogens (primary N) is 1. The molecule has 0 rings (SSSR count). The number of nitrogens with one attached hydrogen (secondary N) is 1. The molecular formula is C15H34N2O4. The SMILES string of the molecule is CC(=O)O.CC(=O)O.CCCCCCCCNCCCN. The van der Waals surface area contributed by atoms with Crippen molar-refractivity contribution in [3.05, 3.63) is 0 Å². The van der Waals surface area contributed by atoms with Crippen LogP contribution in [-0.4, -0.2) is 41.8 Å². The second-order valence-corrected chi connectivity index (χ2v) is 4.70. The van der Waals surface area contributed by atoms with Crippen molar-refractivity contribution in [2.75, 3.05) is 19.6 Å². The number of rotatable bonds is 10. The van der Waals surface area contributed by atoms with Crippen molar-refractivity contribution in [2.24, 2.45) is 5.73 Å². The Morgan fingerprint density at radius 1 is 0.857 bits per heavy atom. The standard InChI is InChI=1S/C11H26N2.2C2H4O2/c1-2-3-4-5-6-7-10-13-11-8-9-12;2*1-2(3)4/h13H,2-12H2,1H3;2*1H3,(H,3,4). The summed E-state index contributed by atoms with van der Waals surface area (Å²) in [6.45, 7) is 7.50. The normalized spacial score (nSPS) is 8.95. The molecule has 0 aliphatic carbocycles. The van der Waals surface area contributed by atoms with Crippen molar-refractivity contribution in [1.82, 2.24) is 5.32 Å². The molecule has 5 N–H and O–H groups in total. The number of hydrogen-bond acceptors (Lipinski definition) is 4. The average molecular weight is 306 g/mol. The van der Waals surface area contributed by atoms with Crippen molar-refractivity contribution >= 4 is 11.9 Å². The van der Waals surface area contributed by atoms with Gasteiger partial charge >= 0.3 is 0 Å². The van der Waals surface area contributed by atoms with Crippen LogP contribution in [0.1, 0.15) is 65.7 Å². The van der Waals surface area contributed by atoms with Gasteiger partial charge in [-0.25, -0.2) is 0 Å². The summed E-state index contributed by atoms with van der Waals surface area (Å²) in [6, 6.07) is 0. The highest BCUT2D eigenvalue weighted by atomic mass is 16.4. The molecule has 0 amide bonds. The summed E-state index contributed by atoms with van der Waals surface area (Å²) in [4.78, 5) is 18.0. The van der Waals surface area contributed by atoms with E-state index in [0.717, 1.165) is 33.4 Å². The summed E-state index contributed by atoms with van der Waals surface area (Å²) >= 11 is 0. The van der Waals surface area contributed by atoms with Gasteiger partial charge in [0.05, 0.1) is 0 Å². The van der Waals surface area contributed by atoms with Crippen molar-refractivity contribution in [2.45, 2.75) is 65.7 Å². The van der Waals surface area contributed by atoms with Gasteiger partial charge in [0.15, 0.2) is 0 Å². The first kappa shape index (κ1) is 24.9. The zero-order valence-electron chi connectivity index (χ0n) is 13.9. The predicted molar refractivity (Wildman–Crippen MR) is 86.5 cm³/mol. The number of carbonyl (C=O) groups is 2. The topological polar surface area (TPSA) is 113 Å². The molecule has 0 aromatic carbocycles. The first-order chi connectivity index (χ1) is 9.88. The Kier molecular flexibility index (Phi) is 28.3. The quantitative estimate of drug-likeness (QED) is 0.461. The van der Waals surface area contributed by atoms with E-state index < -0.39 is 11.9 Å². The second kappa shape index (κ2) is 23.9. The lowest BCUT2D eigenvalue weighted by Gasteiger charge is -2.03. The van der Waals surface area contributed by atoms with Crippen molar-refractivity contribution in [3.8, 4) is 0 Å². The molecule has 6 nitrogen and oxygen atoms in total. The van der Waals surface area contributed by atoms with Crippen LogP contribution in [0.15, 0.2) is 0 Å². The predicted octanol–water partition coefficient (Wildman–Crippen LogP) is 2.47. The molecule has 0 unspecified atom stereocenters. The highest BCUT2D eigenvalue weighted by Gasteiger charge is 1.89. The Balaban J connectivity index is -0.000000334. The molecule has 6 heteroatoms. The van der Waals surface area contributed by atoms with E-state index >= 15 is 0 Å². The molecule has 0 aromatic rings. The molecule has 0 aromatic heterocycles. The first-order valence-corrected chi connectivity index (χ1v) is 7.68. The largest absolute Gasteiger partial charge is 0.481 e. The fourth-order valence-electron chi connectivity index (χ4n) is 1.38. The van der Waals surface area contributed by atoms with Gasteiger partial charge in [0.1, 0.15) is 0 Å². The first-order valence-electron chi connectivity index (χ1n) is 7.68. The van der Waals surface area contributed by atoms with Gasteiger partial charge in [0, 0.05) is 13.8 Å². The van der Waals surface area contributed by atoms with E-state index in [1.165, 1.54) is 45.1 Å². The smallest absolute Gasteiger partial charge is 0.300 e. The summed E-state index contributed by atoms with van der Waals surface area (Å²) < 4.78 is 0. The lowest BCUT2D eigenvalue weighted by Crippen LogP contribution is -2.19. The maximum atomic E-state index is 9.00. The third kappa shape index (κ3) is 68.3. The molecule has 0 saturated carbocycles. The van der Waals surface area contributed by atoms with Gasteiger partial charge in [0.25, 0.3) is 11.9 Å². The summed E-state index contributed by atoms with van der Waals surface area (Å²) in [5.74, 6) is -1.67. The van der Waals surface area contributed by atoms with Crippen LogP contribution in [0, 0.1) is 0 Å². The number of unbranched alkanes of at least 4 members (excludes halogenated alkanes) is 5. The fourth-order valence-corrected chi connectivity index (χ4v) is 1.38. The number of carboxylic acids is 2. The third-order valence-electron chi connectivity index (χ3n) is 2.26. The van der Waals surface area contributed by atoms with Crippen LogP contribution in [0.2, 0.25) is 0 Å². The van der Waals surface area contributed by atoms with E-state index in [1.54, 1.807) is 0 Å². The number of carboxylic acid groups (broad SMARTS) is 2. The average Bonchev–Trinajstić information content (AvgIpc) is 2.35. The van der Waals surface area contributed by atoms with E-state index in [4.69, 9.17) is 25.5 Å². The Hall–Kier alpha value is -1.14. The monoisotopic (exact) mass is 306 g/mol. The lowest BCUT2D eigenvalue weighted by atomic mass is 10.1. The summed E-state index contributed by atoms with van der Waals surface area (Å²) in [5, 5.41) is 18.2. The minimum absolute atomic E-state index is 0.809. The van der Waals surface area contributed by atoms with Crippen LogP contribution >= 0.6 is 0 Å². The molecule has 0 heterocycles. The maximum Gasteiger partial charge on any atom is 0.300 e. The molecule has 128 valence electrons. The molecule has 0 saturated heterocycles. The molecule has 0 aliphatic heterocycles. The Morgan fingerprint density at radius 2 is 1.24 bits per heavy atom. The minimum atomic E-state index is -0.833. The molecular weight excluding hydrogens is 272 g/mol. The summed E-state index contributed by atoms with van der Waals surface area (Å²) in [7, 11) is 0. The van der Waals surface area contributed by atoms with Gasteiger partial charge in [-0.05, 0) is 32.5 Å². The van der Waals surface area contributed by atoms with E-state index in [2.05, 4.69) is 12.2 Å². The molecule has 0 bridgehead atoms. The molecule has 0 aliphatic rings. The number of hydrogen-bond donors (Lipinski definition) is 4. The maximum absolute atomic E-state index is 9.00. The third-order valence-corrected chi connectivity index (χ3v) is 2.26. The van der Waals surface area contributed by atoms with Gasteiger partial charge in [-0.15, -0.1) is 0 Å². The van der Waals surface area contributed by atoms with Crippen LogP contribution in [-0.2, 0) is 9.59 Å². The minimum Gasteiger partial charge on any atom is -0.481 e. The van der Waals surface area contributed by atoms with Gasteiger partial charge in [0.2, 0.25) is 0 Å². The van der Waals surface area contributed by atoms with Gasteiger partial charge in [-0.1, -0.05) is 39.0 Å². The second-order valence-electron chi connectivity index (χ2n) is 4.70. The van der Waals surface area contributed by atoms with Crippen LogP contribution in [0.25, 0.3) is 0 Å². The van der Waals surface area contributed by atoms with Gasteiger partial charge in [-0.2, -0.15) is 0 Å². The van der Waals surface area contributed by atoms with Crippen molar-refractivity contribution in [3.63, 3.8) is 0 Å².